The first kappa shape index (κ1) is 18.6. The molecule has 1 aliphatic heterocycles. The van der Waals surface area contributed by atoms with E-state index in [1.165, 1.54) is 18.7 Å². The summed E-state index contributed by atoms with van der Waals surface area (Å²) < 4.78 is 16.6. The SMILES string of the molecule is Cc1ccc(CN2CCC(c3nnc(CN(C)C)n3C3CC3)CC2)c(F)c1. The molecule has 1 aromatic heterocycles. The van der Waals surface area contributed by atoms with Crippen molar-refractivity contribution in [2.24, 2.45) is 0 Å². The highest BCUT2D eigenvalue weighted by Crippen LogP contribution is 2.40. The number of aromatic nitrogens is 3. The first-order chi connectivity index (χ1) is 13.0. The molecule has 27 heavy (non-hydrogen) atoms. The Bertz CT molecular complexity index is 788. The fourth-order valence-corrected chi connectivity index (χ4v) is 4.11. The van der Waals surface area contributed by atoms with E-state index in [0.29, 0.717) is 18.5 Å². The van der Waals surface area contributed by atoms with Crippen LogP contribution in [0.5, 0.6) is 0 Å². The minimum atomic E-state index is -0.0843. The highest BCUT2D eigenvalue weighted by atomic mass is 19.1. The molecule has 146 valence electrons. The Labute approximate surface area is 161 Å². The molecule has 0 spiro atoms. The van der Waals surface area contributed by atoms with Gasteiger partial charge in [0.15, 0.2) is 0 Å². The minimum absolute atomic E-state index is 0.0843. The van der Waals surface area contributed by atoms with Crippen molar-refractivity contribution >= 4 is 0 Å². The second kappa shape index (κ2) is 7.68. The van der Waals surface area contributed by atoms with Gasteiger partial charge in [0.1, 0.15) is 17.5 Å². The first-order valence-electron chi connectivity index (χ1n) is 10.1. The van der Waals surface area contributed by atoms with E-state index in [2.05, 4.69) is 38.7 Å². The van der Waals surface area contributed by atoms with Crippen molar-refractivity contribution in [3.05, 3.63) is 46.8 Å². The maximum atomic E-state index is 14.2. The van der Waals surface area contributed by atoms with Crippen molar-refractivity contribution in [2.75, 3.05) is 27.2 Å². The van der Waals surface area contributed by atoms with Crippen LogP contribution in [0.1, 0.15) is 60.4 Å². The number of piperidine rings is 1. The summed E-state index contributed by atoms with van der Waals surface area (Å²) in [5, 5.41) is 9.10. The van der Waals surface area contributed by atoms with Gasteiger partial charge in [0.25, 0.3) is 0 Å². The minimum Gasteiger partial charge on any atom is -0.311 e. The summed E-state index contributed by atoms with van der Waals surface area (Å²) in [5.74, 6) is 2.66. The van der Waals surface area contributed by atoms with Gasteiger partial charge in [-0.1, -0.05) is 12.1 Å². The summed E-state index contributed by atoms with van der Waals surface area (Å²) in [4.78, 5) is 4.52. The largest absolute Gasteiger partial charge is 0.311 e. The number of hydrogen-bond acceptors (Lipinski definition) is 4. The number of nitrogens with zero attached hydrogens (tertiary/aromatic N) is 5. The van der Waals surface area contributed by atoms with Gasteiger partial charge in [-0.25, -0.2) is 4.39 Å². The van der Waals surface area contributed by atoms with Gasteiger partial charge in [-0.3, -0.25) is 4.90 Å². The maximum absolute atomic E-state index is 14.2. The molecule has 2 aliphatic rings. The van der Waals surface area contributed by atoms with Crippen LogP contribution in [0.15, 0.2) is 18.2 Å². The number of benzene rings is 1. The van der Waals surface area contributed by atoms with Crippen molar-refractivity contribution < 1.29 is 4.39 Å². The van der Waals surface area contributed by atoms with E-state index in [1.807, 2.05) is 19.1 Å². The van der Waals surface area contributed by atoms with Gasteiger partial charge in [0.05, 0.1) is 6.54 Å². The van der Waals surface area contributed by atoms with Crippen molar-refractivity contribution in [3.8, 4) is 0 Å². The highest BCUT2D eigenvalue weighted by Gasteiger charge is 2.33. The average molecular weight is 372 g/mol. The van der Waals surface area contributed by atoms with Gasteiger partial charge in [-0.15, -0.1) is 10.2 Å². The third kappa shape index (κ3) is 4.22. The fourth-order valence-electron chi connectivity index (χ4n) is 4.11. The zero-order chi connectivity index (χ0) is 19.0. The molecule has 0 unspecified atom stereocenters. The molecule has 5 nitrogen and oxygen atoms in total. The lowest BCUT2D eigenvalue weighted by Crippen LogP contribution is -2.33. The summed E-state index contributed by atoms with van der Waals surface area (Å²) in [5.41, 5.74) is 1.77. The van der Waals surface area contributed by atoms with Gasteiger partial charge >= 0.3 is 0 Å². The molecule has 0 radical (unpaired) electrons. The highest BCUT2D eigenvalue weighted by molar-refractivity contribution is 5.23. The Balaban J connectivity index is 1.41. The lowest BCUT2D eigenvalue weighted by Gasteiger charge is -2.32. The van der Waals surface area contributed by atoms with Crippen molar-refractivity contribution in [3.63, 3.8) is 0 Å². The molecule has 0 N–H and O–H groups in total. The summed E-state index contributed by atoms with van der Waals surface area (Å²) in [6, 6.07) is 6.15. The maximum Gasteiger partial charge on any atom is 0.147 e. The van der Waals surface area contributed by atoms with Crippen molar-refractivity contribution in [2.45, 2.75) is 57.7 Å². The Kier molecular flexibility index (Phi) is 5.28. The predicted octanol–water partition coefficient (Wildman–Crippen LogP) is 3.50. The van der Waals surface area contributed by atoms with Gasteiger partial charge in [0, 0.05) is 24.1 Å². The van der Waals surface area contributed by atoms with Crippen LogP contribution in [0.4, 0.5) is 4.39 Å². The van der Waals surface area contributed by atoms with Crippen LogP contribution in [0.25, 0.3) is 0 Å². The third-order valence-corrected chi connectivity index (χ3v) is 5.72. The number of aryl methyl sites for hydroxylation is 1. The number of hydrogen-bond donors (Lipinski definition) is 0. The number of likely N-dealkylation sites (tertiary alicyclic amines) is 1. The van der Waals surface area contributed by atoms with E-state index in [9.17, 15) is 4.39 Å². The van der Waals surface area contributed by atoms with Crippen LogP contribution in [0.3, 0.4) is 0 Å². The van der Waals surface area contributed by atoms with E-state index in [4.69, 9.17) is 0 Å². The van der Waals surface area contributed by atoms with Crippen LogP contribution >= 0.6 is 0 Å². The fraction of sp³-hybridized carbons (Fsp3) is 0.619. The van der Waals surface area contributed by atoms with Gasteiger partial charge in [-0.05, 0) is 71.4 Å². The zero-order valence-electron chi connectivity index (χ0n) is 16.7. The van der Waals surface area contributed by atoms with E-state index >= 15 is 0 Å². The Morgan fingerprint density at radius 2 is 1.85 bits per heavy atom. The summed E-state index contributed by atoms with van der Waals surface area (Å²) >= 11 is 0. The summed E-state index contributed by atoms with van der Waals surface area (Å²) in [6.45, 7) is 5.44. The second-order valence-corrected chi connectivity index (χ2v) is 8.46. The molecule has 0 amide bonds. The van der Waals surface area contributed by atoms with Crippen LogP contribution in [-0.2, 0) is 13.1 Å². The molecule has 1 saturated heterocycles. The van der Waals surface area contributed by atoms with Crippen LogP contribution < -0.4 is 0 Å². The first-order valence-corrected chi connectivity index (χ1v) is 10.1. The second-order valence-electron chi connectivity index (χ2n) is 8.46. The van der Waals surface area contributed by atoms with Crippen molar-refractivity contribution in [1.82, 2.24) is 24.6 Å². The molecule has 1 aliphatic carbocycles. The molecule has 1 aromatic carbocycles. The van der Waals surface area contributed by atoms with Gasteiger partial charge < -0.3 is 9.47 Å². The number of rotatable bonds is 6. The van der Waals surface area contributed by atoms with Crippen LogP contribution in [-0.4, -0.2) is 51.7 Å². The Hall–Kier alpha value is -1.79. The van der Waals surface area contributed by atoms with E-state index in [0.717, 1.165) is 49.4 Å². The molecule has 1 saturated carbocycles. The monoisotopic (exact) mass is 371 g/mol. The zero-order valence-corrected chi connectivity index (χ0v) is 16.7. The van der Waals surface area contributed by atoms with Gasteiger partial charge in [0.2, 0.25) is 0 Å². The smallest absolute Gasteiger partial charge is 0.147 e. The molecule has 6 heteroatoms. The summed E-state index contributed by atoms with van der Waals surface area (Å²) in [7, 11) is 4.16. The van der Waals surface area contributed by atoms with E-state index < -0.39 is 0 Å². The van der Waals surface area contributed by atoms with Crippen LogP contribution in [0, 0.1) is 12.7 Å². The Morgan fingerprint density at radius 1 is 1.11 bits per heavy atom. The molecule has 4 rings (SSSR count). The Morgan fingerprint density at radius 3 is 2.48 bits per heavy atom. The quantitative estimate of drug-likeness (QED) is 0.779. The third-order valence-electron chi connectivity index (χ3n) is 5.72. The number of halogens is 1. The van der Waals surface area contributed by atoms with Crippen LogP contribution in [0.2, 0.25) is 0 Å². The molecule has 0 atom stereocenters. The van der Waals surface area contributed by atoms with Gasteiger partial charge in [-0.2, -0.15) is 0 Å². The molecule has 2 aromatic rings. The predicted molar refractivity (Wildman–Crippen MR) is 104 cm³/mol. The lowest BCUT2D eigenvalue weighted by molar-refractivity contribution is 0.197. The average Bonchev–Trinajstić information content (AvgIpc) is 3.38. The molecular weight excluding hydrogens is 341 g/mol. The normalized spacial score (nSPS) is 19.1. The standard InChI is InChI=1S/C21H30FN5/c1-15-4-5-17(19(22)12-15)13-26-10-8-16(9-11-26)21-24-23-20(14-25(2)3)27(21)18-6-7-18/h4-5,12,16,18H,6-11,13-14H2,1-3H3. The topological polar surface area (TPSA) is 37.2 Å². The molecular formula is C21H30FN5. The summed E-state index contributed by atoms with van der Waals surface area (Å²) in [6.07, 6.45) is 4.63. The van der Waals surface area contributed by atoms with E-state index in [1.54, 1.807) is 6.07 Å². The molecule has 0 bridgehead atoms. The molecule has 2 heterocycles. The molecule has 2 fully saturated rings. The van der Waals surface area contributed by atoms with E-state index in [-0.39, 0.29) is 5.82 Å². The van der Waals surface area contributed by atoms with Crippen molar-refractivity contribution in [1.29, 1.82) is 0 Å². The lowest BCUT2D eigenvalue weighted by atomic mass is 9.95.